The van der Waals surface area contributed by atoms with Crippen LogP contribution in [-0.2, 0) is 0 Å². The number of aldehydes is 1. The molecule has 0 saturated heterocycles. The van der Waals surface area contributed by atoms with Crippen molar-refractivity contribution in [2.45, 2.75) is 26.7 Å². The summed E-state index contributed by atoms with van der Waals surface area (Å²) in [4.78, 5) is 17.2. The first-order valence-corrected chi connectivity index (χ1v) is 6.05. The van der Waals surface area contributed by atoms with Gasteiger partial charge in [0.25, 0.3) is 0 Å². The van der Waals surface area contributed by atoms with E-state index < -0.39 is 0 Å². The van der Waals surface area contributed by atoms with E-state index in [0.717, 1.165) is 38.0 Å². The first kappa shape index (κ1) is 15.6. The van der Waals surface area contributed by atoms with Crippen molar-refractivity contribution < 1.29 is 4.79 Å². The summed E-state index contributed by atoms with van der Waals surface area (Å²) in [7, 11) is 1.50. The topological polar surface area (TPSA) is 59.2 Å². The molecular formula is C13H23N3O. The second-order valence-corrected chi connectivity index (χ2v) is 3.55. The van der Waals surface area contributed by atoms with Crippen molar-refractivity contribution >= 4 is 12.1 Å². The van der Waals surface area contributed by atoms with E-state index in [2.05, 4.69) is 29.5 Å². The molecule has 0 atom stereocenters. The minimum absolute atomic E-state index is 0.692. The van der Waals surface area contributed by atoms with Gasteiger partial charge in [-0.05, 0) is 32.0 Å². The van der Waals surface area contributed by atoms with Gasteiger partial charge in [0, 0.05) is 24.8 Å². The van der Waals surface area contributed by atoms with Gasteiger partial charge in [-0.1, -0.05) is 13.8 Å². The van der Waals surface area contributed by atoms with Gasteiger partial charge >= 0.3 is 0 Å². The fraction of sp³-hybridized carbons (Fsp3) is 0.538. The Morgan fingerprint density at radius 3 is 2.35 bits per heavy atom. The maximum absolute atomic E-state index is 10.7. The molecule has 17 heavy (non-hydrogen) atoms. The molecule has 4 nitrogen and oxygen atoms in total. The largest absolute Gasteiger partial charge is 0.357 e. The van der Waals surface area contributed by atoms with E-state index in [9.17, 15) is 4.79 Å². The summed E-state index contributed by atoms with van der Waals surface area (Å²) in [6, 6.07) is 3.57. The molecule has 4 heteroatoms. The normalized spacial score (nSPS) is 9.18. The summed E-state index contributed by atoms with van der Waals surface area (Å²) in [6.45, 7) is 6.27. The van der Waals surface area contributed by atoms with Gasteiger partial charge in [0.15, 0.2) is 0 Å². The standard InChI is InChI=1S/C12H18N2O.CH5N/c1-3-7-14(8-4-2)12-9-11(10-15)5-6-13-12;1-2/h5-6,9-10H,3-4,7-8H2,1-2H3;2H2,1H3. The molecule has 96 valence electrons. The summed E-state index contributed by atoms with van der Waals surface area (Å²) < 4.78 is 0. The van der Waals surface area contributed by atoms with Crippen LogP contribution < -0.4 is 10.6 Å². The predicted molar refractivity (Wildman–Crippen MR) is 72.5 cm³/mol. The predicted octanol–water partition coefficient (Wildman–Crippen LogP) is 2.10. The average Bonchev–Trinajstić information content (AvgIpc) is 2.41. The van der Waals surface area contributed by atoms with Gasteiger partial charge in [0.05, 0.1) is 0 Å². The number of aromatic nitrogens is 1. The first-order chi connectivity index (χ1) is 8.31. The second kappa shape index (κ2) is 9.78. The van der Waals surface area contributed by atoms with Gasteiger partial charge in [-0.3, -0.25) is 4.79 Å². The van der Waals surface area contributed by atoms with E-state index in [-0.39, 0.29) is 0 Å². The van der Waals surface area contributed by atoms with E-state index in [1.807, 2.05) is 6.07 Å². The Balaban J connectivity index is 0.00000121. The number of nitrogens with two attached hydrogens (primary N) is 1. The number of carbonyl (C=O) groups is 1. The van der Waals surface area contributed by atoms with Crippen LogP contribution in [0.1, 0.15) is 37.0 Å². The Morgan fingerprint density at radius 2 is 1.88 bits per heavy atom. The Labute approximate surface area is 104 Å². The SMILES string of the molecule is CCCN(CCC)c1cc(C=O)ccn1.CN. The molecule has 0 fully saturated rings. The monoisotopic (exact) mass is 237 g/mol. The molecule has 1 aromatic rings. The van der Waals surface area contributed by atoms with Crippen molar-refractivity contribution in [3.05, 3.63) is 23.9 Å². The van der Waals surface area contributed by atoms with E-state index in [1.54, 1.807) is 12.3 Å². The van der Waals surface area contributed by atoms with Crippen LogP contribution in [0.25, 0.3) is 0 Å². The smallest absolute Gasteiger partial charge is 0.150 e. The van der Waals surface area contributed by atoms with Gasteiger partial charge < -0.3 is 10.6 Å². The molecule has 1 rings (SSSR count). The molecule has 2 N–H and O–H groups in total. The highest BCUT2D eigenvalue weighted by Gasteiger charge is 2.05. The van der Waals surface area contributed by atoms with Crippen LogP contribution >= 0.6 is 0 Å². The number of carbonyl (C=O) groups excluding carboxylic acids is 1. The van der Waals surface area contributed by atoms with Gasteiger partial charge in [-0.15, -0.1) is 0 Å². The fourth-order valence-electron chi connectivity index (χ4n) is 1.56. The van der Waals surface area contributed by atoms with Gasteiger partial charge in [0.1, 0.15) is 12.1 Å². The van der Waals surface area contributed by atoms with Crippen LogP contribution in [0, 0.1) is 0 Å². The molecule has 1 aromatic heterocycles. The molecule has 0 spiro atoms. The van der Waals surface area contributed by atoms with Crippen LogP contribution in [-0.4, -0.2) is 31.4 Å². The molecule has 1 heterocycles. The number of rotatable bonds is 6. The van der Waals surface area contributed by atoms with Crippen LogP contribution in [0.3, 0.4) is 0 Å². The Bertz CT molecular complexity index is 309. The van der Waals surface area contributed by atoms with E-state index >= 15 is 0 Å². The highest BCUT2D eigenvalue weighted by atomic mass is 16.1. The molecule has 0 aliphatic heterocycles. The summed E-state index contributed by atoms with van der Waals surface area (Å²) in [6.07, 6.45) is 4.73. The van der Waals surface area contributed by atoms with Crippen molar-refractivity contribution in [2.75, 3.05) is 25.0 Å². The molecule has 0 bridgehead atoms. The highest BCUT2D eigenvalue weighted by Crippen LogP contribution is 2.12. The number of hydrogen-bond donors (Lipinski definition) is 1. The van der Waals surface area contributed by atoms with Crippen molar-refractivity contribution in [3.8, 4) is 0 Å². The van der Waals surface area contributed by atoms with Gasteiger partial charge in [-0.25, -0.2) is 4.98 Å². The molecule has 0 radical (unpaired) electrons. The molecule has 0 amide bonds. The third kappa shape index (κ3) is 5.45. The summed E-state index contributed by atoms with van der Waals surface area (Å²) >= 11 is 0. The zero-order chi connectivity index (χ0) is 13.1. The maximum Gasteiger partial charge on any atom is 0.150 e. The lowest BCUT2D eigenvalue weighted by Gasteiger charge is -2.22. The van der Waals surface area contributed by atoms with E-state index in [1.165, 1.54) is 7.05 Å². The number of pyridine rings is 1. The average molecular weight is 237 g/mol. The fourth-order valence-corrected chi connectivity index (χ4v) is 1.56. The maximum atomic E-state index is 10.7. The zero-order valence-corrected chi connectivity index (χ0v) is 11.0. The minimum atomic E-state index is 0.692. The lowest BCUT2D eigenvalue weighted by Crippen LogP contribution is -2.25. The summed E-state index contributed by atoms with van der Waals surface area (Å²) in [5, 5.41) is 0. The molecular weight excluding hydrogens is 214 g/mol. The highest BCUT2D eigenvalue weighted by molar-refractivity contribution is 5.76. The number of hydrogen-bond acceptors (Lipinski definition) is 4. The van der Waals surface area contributed by atoms with Gasteiger partial charge in [0.2, 0.25) is 0 Å². The van der Waals surface area contributed by atoms with Crippen molar-refractivity contribution in [1.29, 1.82) is 0 Å². The quantitative estimate of drug-likeness (QED) is 0.770. The minimum Gasteiger partial charge on any atom is -0.357 e. The summed E-state index contributed by atoms with van der Waals surface area (Å²) in [5.41, 5.74) is 5.19. The van der Waals surface area contributed by atoms with Crippen LogP contribution in [0.2, 0.25) is 0 Å². The number of anilines is 1. The zero-order valence-electron chi connectivity index (χ0n) is 11.0. The van der Waals surface area contributed by atoms with Crippen molar-refractivity contribution in [3.63, 3.8) is 0 Å². The van der Waals surface area contributed by atoms with Crippen molar-refractivity contribution in [2.24, 2.45) is 5.73 Å². The third-order valence-electron chi connectivity index (χ3n) is 2.22. The first-order valence-electron chi connectivity index (χ1n) is 6.05. The Hall–Kier alpha value is -1.42. The second-order valence-electron chi connectivity index (χ2n) is 3.55. The molecule has 0 aromatic carbocycles. The lowest BCUT2D eigenvalue weighted by molar-refractivity contribution is 0.112. The Morgan fingerprint density at radius 1 is 1.29 bits per heavy atom. The Kier molecular flexibility index (Phi) is 8.96. The van der Waals surface area contributed by atoms with Crippen molar-refractivity contribution in [1.82, 2.24) is 4.98 Å². The van der Waals surface area contributed by atoms with E-state index in [4.69, 9.17) is 0 Å². The van der Waals surface area contributed by atoms with Crippen LogP contribution in [0.5, 0.6) is 0 Å². The lowest BCUT2D eigenvalue weighted by atomic mass is 10.2. The number of nitrogens with zero attached hydrogens (tertiary/aromatic N) is 2. The molecule has 0 aliphatic carbocycles. The van der Waals surface area contributed by atoms with Crippen LogP contribution in [0.15, 0.2) is 18.3 Å². The van der Waals surface area contributed by atoms with Crippen LogP contribution in [0.4, 0.5) is 5.82 Å². The molecule has 0 unspecified atom stereocenters. The molecule has 0 saturated carbocycles. The summed E-state index contributed by atoms with van der Waals surface area (Å²) in [5.74, 6) is 0.906. The third-order valence-corrected chi connectivity index (χ3v) is 2.22. The van der Waals surface area contributed by atoms with E-state index in [0.29, 0.717) is 5.56 Å². The molecule has 0 aliphatic rings. The van der Waals surface area contributed by atoms with Gasteiger partial charge in [-0.2, -0.15) is 0 Å².